The van der Waals surface area contributed by atoms with Crippen molar-refractivity contribution in [2.45, 2.75) is 88.7 Å². The van der Waals surface area contributed by atoms with Crippen LogP contribution in [0.3, 0.4) is 0 Å². The molecular formula is C37H46N2O8. The lowest BCUT2D eigenvalue weighted by atomic mass is 9.75. The van der Waals surface area contributed by atoms with Crippen molar-refractivity contribution in [2.24, 2.45) is 5.92 Å². The number of aliphatic hydroxyl groups is 1. The summed E-state index contributed by atoms with van der Waals surface area (Å²) in [7, 11) is 1.78. The number of aliphatic carboxylic acids is 3. The van der Waals surface area contributed by atoms with Gasteiger partial charge in [-0.05, 0) is 60.3 Å². The van der Waals surface area contributed by atoms with Gasteiger partial charge in [-0.1, -0.05) is 86.6 Å². The second kappa shape index (κ2) is 16.0. The van der Waals surface area contributed by atoms with Crippen LogP contribution in [0, 0.1) is 5.92 Å². The fraction of sp³-hybridized carbons (Fsp3) is 0.432. The fourth-order valence-electron chi connectivity index (χ4n) is 6.86. The van der Waals surface area contributed by atoms with Gasteiger partial charge in [0, 0.05) is 18.2 Å². The van der Waals surface area contributed by atoms with Gasteiger partial charge in [0.25, 0.3) is 0 Å². The highest BCUT2D eigenvalue weighted by Gasteiger charge is 2.45. The molecule has 2 heterocycles. The molecule has 1 saturated carbocycles. The van der Waals surface area contributed by atoms with Crippen LogP contribution < -0.4 is 10.1 Å². The molecular weight excluding hydrogens is 600 g/mol. The van der Waals surface area contributed by atoms with Crippen molar-refractivity contribution in [3.63, 3.8) is 0 Å². The maximum Gasteiger partial charge on any atom is 0.336 e. The average Bonchev–Trinajstić information content (AvgIpc) is 3.05. The fourth-order valence-corrected chi connectivity index (χ4v) is 6.86. The van der Waals surface area contributed by atoms with Crippen LogP contribution in [0.2, 0.25) is 0 Å². The lowest BCUT2D eigenvalue weighted by molar-refractivity contribution is -0.170. The number of carbonyl (C=O) groups is 3. The third-order valence-electron chi connectivity index (χ3n) is 9.22. The smallest absolute Gasteiger partial charge is 0.336 e. The number of carboxylic acid groups (broad SMARTS) is 3. The summed E-state index contributed by atoms with van der Waals surface area (Å²) in [6, 6.07) is 29.7. The summed E-state index contributed by atoms with van der Waals surface area (Å²) < 4.78 is 5.74. The number of benzene rings is 3. The minimum absolute atomic E-state index is 0.261. The lowest BCUT2D eigenvalue weighted by Gasteiger charge is -2.55. The van der Waals surface area contributed by atoms with E-state index in [1.165, 1.54) is 47.9 Å². The monoisotopic (exact) mass is 646 g/mol. The number of hydrogen-bond donors (Lipinski definition) is 5. The molecule has 10 nitrogen and oxygen atoms in total. The summed E-state index contributed by atoms with van der Waals surface area (Å²) in [6.45, 7) is 5.33. The van der Waals surface area contributed by atoms with Crippen LogP contribution in [-0.2, 0) is 20.9 Å². The number of fused-ring (bicyclic) bond motifs is 3. The highest BCUT2D eigenvalue weighted by Crippen LogP contribution is 2.45. The van der Waals surface area contributed by atoms with Gasteiger partial charge in [-0.25, -0.2) is 4.79 Å². The summed E-state index contributed by atoms with van der Waals surface area (Å²) in [4.78, 5) is 33.3. The molecule has 2 aliphatic heterocycles. The van der Waals surface area contributed by atoms with Gasteiger partial charge >= 0.3 is 17.9 Å². The summed E-state index contributed by atoms with van der Waals surface area (Å²) in [5.41, 5.74) is 2.65. The third kappa shape index (κ3) is 8.97. The molecule has 1 unspecified atom stereocenters. The van der Waals surface area contributed by atoms with E-state index in [1.807, 2.05) is 0 Å². The first-order chi connectivity index (χ1) is 22.4. The van der Waals surface area contributed by atoms with Crippen LogP contribution in [0.15, 0.2) is 78.9 Å². The van der Waals surface area contributed by atoms with Gasteiger partial charge in [-0.15, -0.1) is 0 Å². The number of carboxylic acids is 3. The van der Waals surface area contributed by atoms with Crippen molar-refractivity contribution in [3.05, 3.63) is 101 Å². The molecule has 3 aliphatic rings. The van der Waals surface area contributed by atoms with E-state index in [-0.39, 0.29) is 6.04 Å². The molecule has 1 atom stereocenters. The second-order valence-electron chi connectivity index (χ2n) is 12.8. The molecule has 10 heteroatoms. The summed E-state index contributed by atoms with van der Waals surface area (Å²) in [6.07, 6.45) is 3.29. The molecule has 0 spiro atoms. The third-order valence-corrected chi connectivity index (χ3v) is 9.22. The van der Waals surface area contributed by atoms with Gasteiger partial charge in [0.1, 0.15) is 5.75 Å². The highest BCUT2D eigenvalue weighted by atomic mass is 16.5. The van der Waals surface area contributed by atoms with E-state index in [0.717, 1.165) is 12.3 Å². The second-order valence-corrected chi connectivity index (χ2v) is 12.8. The molecule has 1 aliphatic carbocycles. The molecule has 5 N–H and O–H groups in total. The Hall–Kier alpha value is -4.25. The van der Waals surface area contributed by atoms with Crippen molar-refractivity contribution >= 4 is 17.9 Å². The Kier molecular flexibility index (Phi) is 12.1. The number of hydrogen-bond acceptors (Lipinski definition) is 7. The van der Waals surface area contributed by atoms with Crippen molar-refractivity contribution in [1.29, 1.82) is 0 Å². The highest BCUT2D eigenvalue weighted by molar-refractivity contribution is 5.88. The normalized spacial score (nSPS) is 19.2. The molecule has 3 aromatic rings. The van der Waals surface area contributed by atoms with Gasteiger partial charge in [-0.3, -0.25) is 19.8 Å². The molecule has 0 amide bonds. The minimum atomic E-state index is -2.74. The maximum absolute atomic E-state index is 10.3. The summed E-state index contributed by atoms with van der Waals surface area (Å²) in [5, 5.41) is 37.8. The summed E-state index contributed by atoms with van der Waals surface area (Å²) >= 11 is 0. The van der Waals surface area contributed by atoms with E-state index in [9.17, 15) is 14.4 Å². The molecule has 0 aromatic heterocycles. The average molecular weight is 647 g/mol. The number of nitrogens with one attached hydrogen (secondary N) is 1. The zero-order valence-electron chi connectivity index (χ0n) is 27.2. The van der Waals surface area contributed by atoms with Crippen molar-refractivity contribution in [3.8, 4) is 5.75 Å². The van der Waals surface area contributed by atoms with Gasteiger partial charge in [-0.2, -0.15) is 0 Å². The van der Waals surface area contributed by atoms with Crippen LogP contribution in [0.5, 0.6) is 5.75 Å². The van der Waals surface area contributed by atoms with E-state index in [2.05, 4.69) is 103 Å². The molecule has 0 radical (unpaired) electrons. The largest absolute Gasteiger partial charge is 0.496 e. The molecule has 3 fully saturated rings. The standard InChI is InChI=1S/C31H38N2O.C6H8O7/c1-22(2)26-16-19-29(34-3)27(20-26)21-32-31-25-14-17-28(18-15-25)33(31)30(23-10-6-4-7-11-23)24-12-8-5-9-13-24;7-3(8)1-6(13,5(11)12)2-4(9)10/h4-13,16,19-20,22,25,28,30-32H,14-15,17-18,21H2,1-3H3;13H,1-2H2,(H,7,8)(H,9,10)(H,11,12). The first-order valence-corrected chi connectivity index (χ1v) is 16.1. The zero-order chi connectivity index (χ0) is 34.1. The Morgan fingerprint density at radius 3 is 1.81 bits per heavy atom. The van der Waals surface area contributed by atoms with Gasteiger partial charge in [0.05, 0.1) is 32.2 Å². The predicted octanol–water partition coefficient (Wildman–Crippen LogP) is 5.65. The van der Waals surface area contributed by atoms with Crippen LogP contribution in [0.1, 0.15) is 86.6 Å². The van der Waals surface area contributed by atoms with Gasteiger partial charge in [0.15, 0.2) is 5.60 Å². The Balaban J connectivity index is 0.000000328. The van der Waals surface area contributed by atoms with E-state index in [1.54, 1.807) is 7.11 Å². The molecule has 2 saturated heterocycles. The zero-order valence-corrected chi connectivity index (χ0v) is 27.2. The predicted molar refractivity (Wildman–Crippen MR) is 177 cm³/mol. The Bertz CT molecular complexity index is 1430. The topological polar surface area (TPSA) is 157 Å². The lowest BCUT2D eigenvalue weighted by Crippen LogP contribution is -2.61. The minimum Gasteiger partial charge on any atom is -0.496 e. The molecule has 47 heavy (non-hydrogen) atoms. The van der Waals surface area contributed by atoms with E-state index >= 15 is 0 Å². The Morgan fingerprint density at radius 1 is 0.830 bits per heavy atom. The summed E-state index contributed by atoms with van der Waals surface area (Å²) in [5.74, 6) is -2.85. The maximum atomic E-state index is 10.3. The van der Waals surface area contributed by atoms with Crippen LogP contribution >= 0.6 is 0 Å². The quantitative estimate of drug-likeness (QED) is 0.157. The van der Waals surface area contributed by atoms with Crippen LogP contribution in [-0.4, -0.2) is 68.2 Å². The van der Waals surface area contributed by atoms with Gasteiger partial charge < -0.3 is 25.2 Å². The number of piperidine rings is 2. The number of ether oxygens (including phenoxy) is 1. The Labute approximate surface area is 276 Å². The first-order valence-electron chi connectivity index (χ1n) is 16.1. The SMILES string of the molecule is COc1ccc(C(C)C)cc1CNC1C2CCC(CC2)N1C(c1ccccc1)c1ccccc1.O=C(O)CC(O)(CC(=O)O)C(=O)O. The molecule has 2 bridgehead atoms. The van der Waals surface area contributed by atoms with Crippen LogP contribution in [0.25, 0.3) is 0 Å². The first kappa shape index (κ1) is 35.6. The van der Waals surface area contributed by atoms with E-state index in [0.29, 0.717) is 24.0 Å². The number of rotatable bonds is 13. The van der Waals surface area contributed by atoms with Crippen molar-refractivity contribution in [1.82, 2.24) is 10.2 Å². The van der Waals surface area contributed by atoms with Gasteiger partial charge in [0.2, 0.25) is 0 Å². The molecule has 252 valence electrons. The van der Waals surface area contributed by atoms with Crippen molar-refractivity contribution in [2.75, 3.05) is 7.11 Å². The van der Waals surface area contributed by atoms with E-state index in [4.69, 9.17) is 25.2 Å². The Morgan fingerprint density at radius 2 is 1.36 bits per heavy atom. The molecule has 3 aromatic carbocycles. The number of methoxy groups -OCH3 is 1. The molecule has 6 rings (SSSR count). The van der Waals surface area contributed by atoms with Crippen LogP contribution in [0.4, 0.5) is 0 Å². The number of nitrogens with zero attached hydrogens (tertiary/aromatic N) is 1. The van der Waals surface area contributed by atoms with Crippen molar-refractivity contribution < 1.29 is 39.5 Å². The van der Waals surface area contributed by atoms with E-state index < -0.39 is 36.4 Å².